The predicted octanol–water partition coefficient (Wildman–Crippen LogP) is 7.87. The van der Waals surface area contributed by atoms with Crippen LogP contribution in [-0.2, 0) is 0 Å². The Labute approximate surface area is 303 Å². The second-order valence-corrected chi connectivity index (χ2v) is 14.3. The number of hydrogen-bond acceptors (Lipinski definition) is 4. The molecule has 0 amide bonds. The molecule has 1 aliphatic carbocycles. The van der Waals surface area contributed by atoms with Crippen molar-refractivity contribution in [2.24, 2.45) is 0 Å². The number of para-hydroxylation sites is 4. The van der Waals surface area contributed by atoms with Gasteiger partial charge in [-0.25, -0.2) is 0 Å². The Hall–Kier alpha value is -6.39. The van der Waals surface area contributed by atoms with E-state index in [4.69, 9.17) is 9.47 Å². The average Bonchev–Trinajstić information content (AvgIpc) is 3.20. The van der Waals surface area contributed by atoms with Gasteiger partial charge < -0.3 is 19.3 Å². The molecule has 0 N–H and O–H groups in total. The smallest absolute Gasteiger partial charge is 0.256 e. The molecule has 0 fully saturated rings. The van der Waals surface area contributed by atoms with E-state index < -0.39 is 0 Å². The van der Waals surface area contributed by atoms with E-state index in [0.717, 1.165) is 52.9 Å². The maximum atomic E-state index is 6.69. The molecule has 12 rings (SSSR count). The third kappa shape index (κ3) is 3.84. The zero-order valence-corrected chi connectivity index (χ0v) is 28.3. The lowest BCUT2D eigenvalue weighted by Gasteiger charge is -2.44. The van der Waals surface area contributed by atoms with E-state index in [2.05, 4.69) is 168 Å². The van der Waals surface area contributed by atoms with Crippen LogP contribution in [0, 0.1) is 0 Å². The molecule has 0 saturated carbocycles. The minimum Gasteiger partial charge on any atom is -0.463 e. The van der Waals surface area contributed by atoms with Gasteiger partial charge in [-0.05, 0) is 111 Å². The van der Waals surface area contributed by atoms with Crippen molar-refractivity contribution in [3.05, 3.63) is 175 Å². The number of anilines is 5. The van der Waals surface area contributed by atoms with E-state index in [1.807, 2.05) is 0 Å². The standard InChI is InChI=1S/C46H30B2N2O2/c1-3-13-31(14-4-1)49-37-19-11-23-43-45(37)47(33-17-7-9-21-41(33)51-43)35-25-30-28-40-36(26-29(30)27-39(35)49)48-34-18-8-10-22-42(34)52-44-24-12-20-38(46(44)48)50(40)32-15-5-2-6-16-32/h1-11,13-23,25-28H,12,24H2. The number of nitrogens with zero attached hydrogens (tertiary/aromatic N) is 2. The fourth-order valence-electron chi connectivity index (χ4n) is 9.47. The predicted molar refractivity (Wildman–Crippen MR) is 215 cm³/mol. The van der Waals surface area contributed by atoms with Crippen molar-refractivity contribution in [3.8, 4) is 17.2 Å². The van der Waals surface area contributed by atoms with Crippen molar-refractivity contribution in [1.82, 2.24) is 0 Å². The molecule has 0 atom stereocenters. The number of allylic oxidation sites excluding steroid dienone is 3. The molecule has 52 heavy (non-hydrogen) atoms. The maximum Gasteiger partial charge on any atom is 0.256 e. The number of hydrogen-bond donors (Lipinski definition) is 0. The highest BCUT2D eigenvalue weighted by molar-refractivity contribution is 6.99. The molecule has 7 aromatic carbocycles. The van der Waals surface area contributed by atoms with Gasteiger partial charge in [0.2, 0.25) is 0 Å². The first-order chi connectivity index (χ1) is 25.8. The van der Waals surface area contributed by atoms with Gasteiger partial charge in [0.05, 0.1) is 0 Å². The fraction of sp³-hybridized carbons (Fsp3) is 0.0435. The van der Waals surface area contributed by atoms with Gasteiger partial charge in [-0.2, -0.15) is 0 Å². The molecule has 6 heteroatoms. The van der Waals surface area contributed by atoms with Gasteiger partial charge in [-0.1, -0.05) is 97.1 Å². The van der Waals surface area contributed by atoms with E-state index in [1.54, 1.807) is 0 Å². The Bertz CT molecular complexity index is 2720. The van der Waals surface area contributed by atoms with Crippen LogP contribution in [0.2, 0.25) is 0 Å². The lowest BCUT2D eigenvalue weighted by molar-refractivity contribution is 0.398. The molecule has 0 aromatic heterocycles. The summed E-state index contributed by atoms with van der Waals surface area (Å²) in [6.45, 7) is 0.120. The number of benzene rings is 7. The normalized spacial score (nSPS) is 15.7. The summed E-state index contributed by atoms with van der Waals surface area (Å²) in [5.74, 6) is 3.91. The van der Waals surface area contributed by atoms with Crippen molar-refractivity contribution in [3.63, 3.8) is 0 Å². The highest BCUT2D eigenvalue weighted by Crippen LogP contribution is 2.46. The van der Waals surface area contributed by atoms with Crippen molar-refractivity contribution < 1.29 is 9.47 Å². The maximum absolute atomic E-state index is 6.69. The molecule has 0 unspecified atom stereocenters. The molecular weight excluding hydrogens is 634 g/mol. The quantitative estimate of drug-likeness (QED) is 0.176. The molecule has 0 saturated heterocycles. The van der Waals surface area contributed by atoms with Crippen molar-refractivity contribution in [2.75, 3.05) is 9.80 Å². The Morgan fingerprint density at radius 3 is 1.77 bits per heavy atom. The minimum atomic E-state index is 0.0392. The SMILES string of the molecule is C1=C2C3=C(CC1)Oc1ccccc1B3c1cc3cc4c(cc3cc1N2c1ccccc1)B1c2ccccc2Oc2cccc(c21)N4c1ccccc1. The Balaban J connectivity index is 1.17. The van der Waals surface area contributed by atoms with Crippen LogP contribution in [0.4, 0.5) is 28.4 Å². The van der Waals surface area contributed by atoms with E-state index >= 15 is 0 Å². The van der Waals surface area contributed by atoms with E-state index in [9.17, 15) is 0 Å². The highest BCUT2D eigenvalue weighted by Gasteiger charge is 2.46. The number of rotatable bonds is 2. The van der Waals surface area contributed by atoms with Crippen molar-refractivity contribution in [2.45, 2.75) is 12.8 Å². The Morgan fingerprint density at radius 1 is 0.462 bits per heavy atom. The molecule has 5 aliphatic rings. The third-order valence-corrected chi connectivity index (χ3v) is 11.6. The van der Waals surface area contributed by atoms with E-state index in [1.165, 1.54) is 60.6 Å². The monoisotopic (exact) mass is 664 g/mol. The van der Waals surface area contributed by atoms with Gasteiger partial charge >= 0.3 is 0 Å². The number of fused-ring (bicyclic) bond motifs is 9. The van der Waals surface area contributed by atoms with Gasteiger partial charge in [-0.15, -0.1) is 0 Å². The summed E-state index contributed by atoms with van der Waals surface area (Å²) in [7, 11) is 0. The lowest BCUT2D eigenvalue weighted by Crippen LogP contribution is -2.59. The van der Waals surface area contributed by atoms with Gasteiger partial charge in [0.15, 0.2) is 0 Å². The minimum absolute atomic E-state index is 0.0392. The van der Waals surface area contributed by atoms with Gasteiger partial charge in [-0.3, -0.25) is 0 Å². The van der Waals surface area contributed by atoms with Crippen LogP contribution in [0.1, 0.15) is 12.8 Å². The van der Waals surface area contributed by atoms with Crippen LogP contribution >= 0.6 is 0 Å². The van der Waals surface area contributed by atoms with Crippen LogP contribution in [0.5, 0.6) is 17.2 Å². The van der Waals surface area contributed by atoms with E-state index in [-0.39, 0.29) is 13.4 Å². The van der Waals surface area contributed by atoms with Crippen LogP contribution in [0.15, 0.2) is 175 Å². The molecular formula is C46H30B2N2O2. The topological polar surface area (TPSA) is 24.9 Å². The summed E-state index contributed by atoms with van der Waals surface area (Å²) in [5, 5.41) is 2.45. The van der Waals surface area contributed by atoms with Crippen molar-refractivity contribution >= 4 is 79.9 Å². The van der Waals surface area contributed by atoms with Crippen LogP contribution in [0.3, 0.4) is 0 Å². The summed E-state index contributed by atoms with van der Waals surface area (Å²) < 4.78 is 13.3. The molecule has 0 radical (unpaired) electrons. The fourth-order valence-corrected chi connectivity index (χ4v) is 9.47. The lowest BCUT2D eigenvalue weighted by atomic mass is 9.32. The molecule has 7 aromatic rings. The summed E-state index contributed by atoms with van der Waals surface area (Å²) in [5.41, 5.74) is 14.6. The van der Waals surface area contributed by atoms with E-state index in [0.29, 0.717) is 0 Å². The van der Waals surface area contributed by atoms with Crippen molar-refractivity contribution in [1.29, 1.82) is 0 Å². The molecule has 0 spiro atoms. The first kappa shape index (κ1) is 28.3. The third-order valence-electron chi connectivity index (χ3n) is 11.6. The molecule has 242 valence electrons. The Kier molecular flexibility index (Phi) is 5.75. The van der Waals surface area contributed by atoms with Gasteiger partial charge in [0.1, 0.15) is 23.0 Å². The zero-order chi connectivity index (χ0) is 33.9. The second-order valence-electron chi connectivity index (χ2n) is 14.3. The summed E-state index contributed by atoms with van der Waals surface area (Å²) >= 11 is 0. The summed E-state index contributed by atoms with van der Waals surface area (Å²) in [4.78, 5) is 4.91. The number of ether oxygens (including phenoxy) is 2. The largest absolute Gasteiger partial charge is 0.463 e. The van der Waals surface area contributed by atoms with Crippen LogP contribution < -0.4 is 46.6 Å². The average molecular weight is 664 g/mol. The molecule has 4 nitrogen and oxygen atoms in total. The molecule has 4 aliphatic heterocycles. The van der Waals surface area contributed by atoms with Crippen LogP contribution in [-0.4, -0.2) is 13.4 Å². The zero-order valence-electron chi connectivity index (χ0n) is 28.3. The summed E-state index contributed by atoms with van der Waals surface area (Å²) in [6.07, 6.45) is 4.27. The van der Waals surface area contributed by atoms with Crippen LogP contribution in [0.25, 0.3) is 10.8 Å². The Morgan fingerprint density at radius 2 is 1.04 bits per heavy atom. The first-order valence-electron chi connectivity index (χ1n) is 18.2. The van der Waals surface area contributed by atoms with Gasteiger partial charge in [0.25, 0.3) is 13.4 Å². The summed E-state index contributed by atoms with van der Waals surface area (Å²) in [6, 6.07) is 55.1. The first-order valence-corrected chi connectivity index (χ1v) is 18.2. The van der Waals surface area contributed by atoms with Gasteiger partial charge in [0, 0.05) is 40.6 Å². The molecule has 0 bridgehead atoms. The second kappa shape index (κ2) is 10.6. The highest BCUT2D eigenvalue weighted by atomic mass is 16.5. The molecule has 4 heterocycles.